The monoisotopic (exact) mass is 424 g/mol. The van der Waals surface area contributed by atoms with Crippen molar-refractivity contribution in [3.05, 3.63) is 42.0 Å². The molecule has 0 radical (unpaired) electrons. The molecule has 2 N–H and O–H groups in total. The van der Waals surface area contributed by atoms with E-state index in [2.05, 4.69) is 21.4 Å². The Morgan fingerprint density at radius 2 is 1.87 bits per heavy atom. The number of anilines is 2. The molecule has 3 rings (SSSR count). The number of aliphatic carboxylic acids is 1. The molecule has 0 unspecified atom stereocenters. The van der Waals surface area contributed by atoms with E-state index in [1.165, 1.54) is 11.8 Å². The van der Waals surface area contributed by atoms with Crippen LogP contribution in [-0.2, 0) is 4.79 Å². The first-order valence-corrected chi connectivity index (χ1v) is 10.1. The summed E-state index contributed by atoms with van der Waals surface area (Å²) >= 11 is 1.39. The van der Waals surface area contributed by atoms with Crippen molar-refractivity contribution >= 4 is 40.1 Å². The van der Waals surface area contributed by atoms with Crippen LogP contribution >= 0.6 is 11.8 Å². The Balaban J connectivity index is 1.99. The van der Waals surface area contributed by atoms with E-state index in [4.69, 9.17) is 19.8 Å². The molecule has 1 aromatic heterocycles. The summed E-state index contributed by atoms with van der Waals surface area (Å²) in [6.45, 7) is 0. The Bertz CT molecular complexity index is 1100. The minimum Gasteiger partial charge on any atom is -0.493 e. The largest absolute Gasteiger partial charge is 0.493 e. The average Bonchev–Trinajstić information content (AvgIpc) is 2.76. The molecule has 0 amide bonds. The highest BCUT2D eigenvalue weighted by molar-refractivity contribution is 7.99. The van der Waals surface area contributed by atoms with Crippen LogP contribution in [-0.4, -0.2) is 41.0 Å². The molecule has 8 nitrogen and oxygen atoms in total. The van der Waals surface area contributed by atoms with Gasteiger partial charge in [0.25, 0.3) is 0 Å². The summed E-state index contributed by atoms with van der Waals surface area (Å²) in [4.78, 5) is 19.9. The number of ether oxygens (including phenoxy) is 2. The summed E-state index contributed by atoms with van der Waals surface area (Å²) in [5.74, 6) is 1.44. The molecule has 9 heteroatoms. The van der Waals surface area contributed by atoms with Gasteiger partial charge >= 0.3 is 5.97 Å². The molecule has 30 heavy (non-hydrogen) atoms. The molecule has 0 saturated carbocycles. The zero-order valence-corrected chi connectivity index (χ0v) is 17.3. The summed E-state index contributed by atoms with van der Waals surface area (Å²) < 4.78 is 10.8. The van der Waals surface area contributed by atoms with Gasteiger partial charge in [0.2, 0.25) is 0 Å². The number of methoxy groups -OCH3 is 2. The van der Waals surface area contributed by atoms with Gasteiger partial charge in [0, 0.05) is 29.3 Å². The van der Waals surface area contributed by atoms with Crippen molar-refractivity contribution in [2.24, 2.45) is 0 Å². The van der Waals surface area contributed by atoms with Crippen LogP contribution in [0.15, 0.2) is 41.6 Å². The molecule has 0 atom stereocenters. The number of nitriles is 1. The number of carboxylic acid groups (broad SMARTS) is 1. The van der Waals surface area contributed by atoms with E-state index < -0.39 is 5.97 Å². The molecule has 0 bridgehead atoms. The molecule has 0 spiro atoms. The van der Waals surface area contributed by atoms with E-state index in [0.717, 1.165) is 11.1 Å². The summed E-state index contributed by atoms with van der Waals surface area (Å²) in [5, 5.41) is 22.3. The van der Waals surface area contributed by atoms with Crippen molar-refractivity contribution in [3.8, 4) is 17.6 Å². The lowest BCUT2D eigenvalue weighted by molar-refractivity contribution is -0.137. The topological polar surface area (TPSA) is 117 Å². The molecule has 0 fully saturated rings. The molecule has 1 heterocycles. The third-order valence-electron chi connectivity index (χ3n) is 4.22. The predicted octanol–water partition coefficient (Wildman–Crippen LogP) is 4.22. The second-order valence-corrected chi connectivity index (χ2v) is 7.30. The zero-order valence-electron chi connectivity index (χ0n) is 16.5. The predicted molar refractivity (Wildman–Crippen MR) is 115 cm³/mol. The molecular formula is C21H20N4O4S. The quantitative estimate of drug-likeness (QED) is 0.296. The van der Waals surface area contributed by atoms with Gasteiger partial charge in [0.05, 0.1) is 31.4 Å². The van der Waals surface area contributed by atoms with Gasteiger partial charge in [0.15, 0.2) is 16.7 Å². The highest BCUT2D eigenvalue weighted by atomic mass is 32.2. The van der Waals surface area contributed by atoms with Crippen LogP contribution in [0.3, 0.4) is 0 Å². The molecule has 154 valence electrons. The minimum atomic E-state index is -0.824. The van der Waals surface area contributed by atoms with Crippen molar-refractivity contribution in [2.75, 3.05) is 25.3 Å². The van der Waals surface area contributed by atoms with E-state index in [1.807, 2.05) is 0 Å². The van der Waals surface area contributed by atoms with Crippen LogP contribution in [0.25, 0.3) is 10.9 Å². The average molecular weight is 424 g/mol. The van der Waals surface area contributed by atoms with Gasteiger partial charge in [0.1, 0.15) is 5.82 Å². The number of hydrogen-bond acceptors (Lipinski definition) is 8. The Morgan fingerprint density at radius 3 is 2.50 bits per heavy atom. The normalized spacial score (nSPS) is 10.4. The fourth-order valence-corrected chi connectivity index (χ4v) is 3.54. The van der Waals surface area contributed by atoms with Crippen molar-refractivity contribution in [3.63, 3.8) is 0 Å². The highest BCUT2D eigenvalue weighted by Gasteiger charge is 2.14. The maximum atomic E-state index is 10.7. The number of nitrogens with one attached hydrogen (secondary N) is 1. The van der Waals surface area contributed by atoms with Crippen molar-refractivity contribution in [2.45, 2.75) is 18.0 Å². The van der Waals surface area contributed by atoms with Crippen LogP contribution < -0.4 is 14.8 Å². The molecule has 0 aliphatic rings. The van der Waals surface area contributed by atoms with Crippen molar-refractivity contribution < 1.29 is 19.4 Å². The molecule has 0 aliphatic heterocycles. The SMILES string of the molecule is COc1cc2nc(SCCCC(=O)O)nc(Nc3ccc(C#N)cc3)c2cc1OC. The van der Waals surface area contributed by atoms with Gasteiger partial charge in [-0.05, 0) is 36.8 Å². The Morgan fingerprint density at radius 1 is 1.17 bits per heavy atom. The standard InChI is InChI=1S/C21H20N4O4S/c1-28-17-10-15-16(11-18(17)29-2)24-21(30-9-3-4-19(26)27)25-20(15)23-14-7-5-13(12-22)6-8-14/h5-8,10-11H,3-4,9H2,1-2H3,(H,26,27)(H,23,24,25). The summed E-state index contributed by atoms with van der Waals surface area (Å²) in [6.07, 6.45) is 0.619. The maximum absolute atomic E-state index is 10.7. The first-order chi connectivity index (χ1) is 14.5. The first kappa shape index (κ1) is 21.2. The molecule has 3 aromatic rings. The summed E-state index contributed by atoms with van der Waals surface area (Å²) in [7, 11) is 3.12. The van der Waals surface area contributed by atoms with Gasteiger partial charge in [-0.2, -0.15) is 5.26 Å². The number of carboxylic acids is 1. The lowest BCUT2D eigenvalue weighted by Crippen LogP contribution is -2.01. The number of fused-ring (bicyclic) bond motifs is 1. The third kappa shape index (κ3) is 5.10. The fourth-order valence-electron chi connectivity index (χ4n) is 2.75. The second-order valence-electron chi connectivity index (χ2n) is 6.24. The van der Waals surface area contributed by atoms with E-state index >= 15 is 0 Å². The van der Waals surface area contributed by atoms with Crippen molar-refractivity contribution in [1.29, 1.82) is 5.26 Å². The highest BCUT2D eigenvalue weighted by Crippen LogP contribution is 2.36. The van der Waals surface area contributed by atoms with Crippen LogP contribution in [0.5, 0.6) is 11.5 Å². The molecule has 0 aliphatic carbocycles. The first-order valence-electron chi connectivity index (χ1n) is 9.09. The fraction of sp³-hybridized carbons (Fsp3) is 0.238. The Kier molecular flexibility index (Phi) is 6.93. The summed E-state index contributed by atoms with van der Waals surface area (Å²) in [6, 6.07) is 12.7. The number of carbonyl (C=O) groups is 1. The van der Waals surface area contributed by atoms with Crippen LogP contribution in [0.4, 0.5) is 11.5 Å². The maximum Gasteiger partial charge on any atom is 0.303 e. The van der Waals surface area contributed by atoms with E-state index in [0.29, 0.717) is 45.7 Å². The van der Waals surface area contributed by atoms with E-state index in [9.17, 15) is 4.79 Å². The third-order valence-corrected chi connectivity index (χ3v) is 5.16. The molecule has 2 aromatic carbocycles. The van der Waals surface area contributed by atoms with Gasteiger partial charge in [-0.3, -0.25) is 4.79 Å². The lowest BCUT2D eigenvalue weighted by atomic mass is 10.2. The van der Waals surface area contributed by atoms with Crippen molar-refractivity contribution in [1.82, 2.24) is 9.97 Å². The molecule has 0 saturated heterocycles. The molecular weight excluding hydrogens is 404 g/mol. The number of benzene rings is 2. The van der Waals surface area contributed by atoms with Gasteiger partial charge in [-0.1, -0.05) is 11.8 Å². The van der Waals surface area contributed by atoms with E-state index in [1.54, 1.807) is 50.6 Å². The lowest BCUT2D eigenvalue weighted by Gasteiger charge is -2.14. The van der Waals surface area contributed by atoms with Crippen LogP contribution in [0, 0.1) is 11.3 Å². The minimum absolute atomic E-state index is 0.0992. The Labute approximate surface area is 177 Å². The van der Waals surface area contributed by atoms with Gasteiger partial charge in [-0.15, -0.1) is 0 Å². The van der Waals surface area contributed by atoms with E-state index in [-0.39, 0.29) is 6.42 Å². The van der Waals surface area contributed by atoms with Gasteiger partial charge < -0.3 is 19.9 Å². The second kappa shape index (κ2) is 9.80. The van der Waals surface area contributed by atoms with Gasteiger partial charge in [-0.25, -0.2) is 9.97 Å². The number of nitrogens with zero attached hydrogens (tertiary/aromatic N) is 3. The number of hydrogen-bond donors (Lipinski definition) is 2. The Hall–Kier alpha value is -3.51. The number of aromatic nitrogens is 2. The number of thioether (sulfide) groups is 1. The zero-order chi connectivity index (χ0) is 21.5. The smallest absolute Gasteiger partial charge is 0.303 e. The summed E-state index contributed by atoms with van der Waals surface area (Å²) in [5.41, 5.74) is 2.00. The number of rotatable bonds is 9. The van der Waals surface area contributed by atoms with Crippen LogP contribution in [0.2, 0.25) is 0 Å². The van der Waals surface area contributed by atoms with Crippen LogP contribution in [0.1, 0.15) is 18.4 Å².